The molecule has 146 valence electrons. The number of hydrogen-bond donors (Lipinski definition) is 0. The first kappa shape index (κ1) is 21.6. The summed E-state index contributed by atoms with van der Waals surface area (Å²) in [5.74, 6) is -0.304. The van der Waals surface area contributed by atoms with E-state index in [1.54, 1.807) is 6.92 Å². The quantitative estimate of drug-likeness (QED) is 0.402. The van der Waals surface area contributed by atoms with E-state index in [1.165, 1.54) is 14.1 Å². The summed E-state index contributed by atoms with van der Waals surface area (Å²) in [5, 5.41) is 0. The molecular formula is C19H23Br2N3O3. The van der Waals surface area contributed by atoms with Crippen LogP contribution in [0.2, 0.25) is 0 Å². The summed E-state index contributed by atoms with van der Waals surface area (Å²) in [7, 11) is 0. The maximum atomic E-state index is 12.8. The molecule has 0 N–H and O–H groups in total. The Labute approximate surface area is 176 Å². The Morgan fingerprint density at radius 1 is 1.22 bits per heavy atom. The number of carbonyl (C=O) groups excluding carboxylic acids is 2. The molecule has 2 aromatic rings. The number of anilines is 1. The molecule has 1 amide bonds. The zero-order chi connectivity index (χ0) is 20.1. The Hall–Kier alpha value is -1.67. The number of rotatable bonds is 7. The fourth-order valence-corrected chi connectivity index (χ4v) is 3.49. The largest absolute Gasteiger partial charge is 0.461 e. The van der Waals surface area contributed by atoms with Crippen molar-refractivity contribution in [2.45, 2.75) is 46.6 Å². The fourth-order valence-electron chi connectivity index (χ4n) is 2.62. The van der Waals surface area contributed by atoms with Gasteiger partial charge in [0.25, 0.3) is 5.91 Å². The van der Waals surface area contributed by atoms with Gasteiger partial charge in [-0.1, -0.05) is 32.9 Å². The summed E-state index contributed by atoms with van der Waals surface area (Å²) in [6.07, 6.45) is 0.558. The van der Waals surface area contributed by atoms with Crippen molar-refractivity contribution in [2.24, 2.45) is 0 Å². The van der Waals surface area contributed by atoms with Gasteiger partial charge in [-0.15, -0.1) is 0 Å². The number of benzene rings is 1. The van der Waals surface area contributed by atoms with Gasteiger partial charge >= 0.3 is 5.97 Å². The van der Waals surface area contributed by atoms with Crippen molar-refractivity contribution in [1.29, 1.82) is 0 Å². The second kappa shape index (κ2) is 9.50. The van der Waals surface area contributed by atoms with E-state index >= 15 is 0 Å². The molecular weight excluding hydrogens is 478 g/mol. The van der Waals surface area contributed by atoms with E-state index < -0.39 is 5.97 Å². The van der Waals surface area contributed by atoms with Crippen molar-refractivity contribution in [2.75, 3.05) is 10.5 Å². The van der Waals surface area contributed by atoms with Crippen LogP contribution in [-0.4, -0.2) is 28.0 Å². The Morgan fingerprint density at radius 2 is 1.85 bits per heavy atom. The lowest BCUT2D eigenvalue weighted by Gasteiger charge is -2.17. The van der Waals surface area contributed by atoms with Crippen LogP contribution in [0.3, 0.4) is 0 Å². The van der Waals surface area contributed by atoms with E-state index in [0.29, 0.717) is 34.1 Å². The highest BCUT2D eigenvalue weighted by atomic mass is 79.9. The number of imidazole rings is 1. The smallest absolute Gasteiger partial charge is 0.356 e. The SMILES string of the molecule is CCOC(=O)c1c(CC)nc(Br)n1CC(=O)N(Br)c1ccc(C(C)C)cc1. The monoisotopic (exact) mass is 499 g/mol. The summed E-state index contributed by atoms with van der Waals surface area (Å²) in [6.45, 7) is 8.07. The zero-order valence-electron chi connectivity index (χ0n) is 15.8. The van der Waals surface area contributed by atoms with E-state index in [4.69, 9.17) is 4.74 Å². The molecule has 0 fully saturated rings. The predicted molar refractivity (Wildman–Crippen MR) is 112 cm³/mol. The first-order chi connectivity index (χ1) is 12.8. The summed E-state index contributed by atoms with van der Waals surface area (Å²) >= 11 is 6.68. The lowest BCUT2D eigenvalue weighted by molar-refractivity contribution is -0.117. The van der Waals surface area contributed by atoms with E-state index in [0.717, 1.165) is 0 Å². The van der Waals surface area contributed by atoms with Crippen LogP contribution < -0.4 is 3.93 Å². The minimum atomic E-state index is -0.484. The second-order valence-electron chi connectivity index (χ2n) is 6.26. The molecule has 6 nitrogen and oxygen atoms in total. The summed E-state index contributed by atoms with van der Waals surface area (Å²) in [4.78, 5) is 29.5. The number of halogens is 2. The molecule has 8 heteroatoms. The van der Waals surface area contributed by atoms with Gasteiger partial charge in [0.15, 0.2) is 10.4 Å². The van der Waals surface area contributed by atoms with Crippen molar-refractivity contribution < 1.29 is 14.3 Å². The minimum Gasteiger partial charge on any atom is -0.461 e. The Bertz CT molecular complexity index is 816. The lowest BCUT2D eigenvalue weighted by atomic mass is 10.0. The zero-order valence-corrected chi connectivity index (χ0v) is 19.0. The third-order valence-electron chi connectivity index (χ3n) is 4.10. The maximum absolute atomic E-state index is 12.8. The van der Waals surface area contributed by atoms with Gasteiger partial charge in [-0.25, -0.2) is 13.7 Å². The van der Waals surface area contributed by atoms with Crippen molar-refractivity contribution >= 4 is 49.6 Å². The van der Waals surface area contributed by atoms with Crippen LogP contribution in [0.1, 0.15) is 55.4 Å². The van der Waals surface area contributed by atoms with Crippen LogP contribution in [0, 0.1) is 0 Å². The Kier molecular flexibility index (Phi) is 7.61. The molecule has 0 saturated heterocycles. The number of amides is 1. The van der Waals surface area contributed by atoms with Gasteiger partial charge in [-0.2, -0.15) is 0 Å². The number of aryl methyl sites for hydroxylation is 1. The number of nitrogens with zero attached hydrogens (tertiary/aromatic N) is 3. The molecule has 0 spiro atoms. The average Bonchev–Trinajstić information content (AvgIpc) is 2.97. The fraction of sp³-hybridized carbons (Fsp3) is 0.421. The molecule has 1 aromatic heterocycles. The molecule has 1 heterocycles. The third-order valence-corrected chi connectivity index (χ3v) is 5.51. The minimum absolute atomic E-state index is 0.0566. The van der Waals surface area contributed by atoms with Gasteiger partial charge in [0.05, 0.1) is 34.1 Å². The number of hydrogen-bond acceptors (Lipinski definition) is 4. The van der Waals surface area contributed by atoms with E-state index in [9.17, 15) is 9.59 Å². The molecule has 0 aliphatic carbocycles. The molecule has 27 heavy (non-hydrogen) atoms. The second-order valence-corrected chi connectivity index (χ2v) is 7.68. The summed E-state index contributed by atoms with van der Waals surface area (Å²) in [5.41, 5.74) is 2.81. The number of esters is 1. The van der Waals surface area contributed by atoms with Crippen molar-refractivity contribution in [3.8, 4) is 0 Å². The Morgan fingerprint density at radius 3 is 2.37 bits per heavy atom. The highest BCUT2D eigenvalue weighted by Gasteiger charge is 2.25. The molecule has 0 radical (unpaired) electrons. The molecule has 0 bridgehead atoms. The Balaban J connectivity index is 2.26. The van der Waals surface area contributed by atoms with Gasteiger partial charge in [-0.05, 0) is 52.9 Å². The topological polar surface area (TPSA) is 64.4 Å². The third kappa shape index (κ3) is 4.99. The highest BCUT2D eigenvalue weighted by Crippen LogP contribution is 2.24. The molecule has 0 aliphatic rings. The molecule has 1 aromatic carbocycles. The van der Waals surface area contributed by atoms with Gasteiger partial charge in [0.2, 0.25) is 0 Å². The van der Waals surface area contributed by atoms with Crippen molar-refractivity contribution in [3.05, 3.63) is 46.0 Å². The van der Waals surface area contributed by atoms with Crippen LogP contribution in [0.15, 0.2) is 29.0 Å². The summed E-state index contributed by atoms with van der Waals surface area (Å²) in [6, 6.07) is 7.76. The normalized spacial score (nSPS) is 10.9. The van der Waals surface area contributed by atoms with Gasteiger partial charge in [0.1, 0.15) is 6.54 Å². The van der Waals surface area contributed by atoms with E-state index in [2.05, 4.69) is 50.9 Å². The van der Waals surface area contributed by atoms with Crippen molar-refractivity contribution in [3.63, 3.8) is 0 Å². The van der Waals surface area contributed by atoms with Gasteiger partial charge in [-0.3, -0.25) is 4.79 Å². The van der Waals surface area contributed by atoms with Gasteiger partial charge < -0.3 is 9.30 Å². The van der Waals surface area contributed by atoms with Crippen molar-refractivity contribution in [1.82, 2.24) is 9.55 Å². The molecule has 2 rings (SSSR count). The van der Waals surface area contributed by atoms with Crippen LogP contribution in [-0.2, 0) is 22.5 Å². The highest BCUT2D eigenvalue weighted by molar-refractivity contribution is 9.10. The van der Waals surface area contributed by atoms with Crippen LogP contribution in [0.25, 0.3) is 0 Å². The number of ether oxygens (including phenoxy) is 1. The van der Waals surface area contributed by atoms with E-state index in [-0.39, 0.29) is 19.1 Å². The first-order valence-electron chi connectivity index (χ1n) is 8.80. The molecule has 0 aliphatic heterocycles. The first-order valence-corrected chi connectivity index (χ1v) is 10.3. The number of carbonyl (C=O) groups is 2. The summed E-state index contributed by atoms with van der Waals surface area (Å²) < 4.78 is 8.48. The molecule has 0 saturated carbocycles. The average molecular weight is 501 g/mol. The number of aromatic nitrogens is 2. The van der Waals surface area contributed by atoms with Crippen LogP contribution in [0.5, 0.6) is 0 Å². The predicted octanol–water partition coefficient (Wildman–Crippen LogP) is 4.85. The lowest BCUT2D eigenvalue weighted by Crippen LogP contribution is -2.27. The van der Waals surface area contributed by atoms with E-state index in [1.807, 2.05) is 31.2 Å². The van der Waals surface area contributed by atoms with Crippen LogP contribution in [0.4, 0.5) is 5.69 Å². The standard InChI is InChI=1S/C19H23Br2N3O3/c1-5-15-17(18(26)27-6-2)23(19(20)22-15)11-16(25)24(21)14-9-7-13(8-10-14)12(3)4/h7-10,12H,5-6,11H2,1-4H3. The van der Waals surface area contributed by atoms with Gasteiger partial charge in [0, 0.05) is 0 Å². The molecule has 0 unspecified atom stereocenters. The molecule has 0 atom stereocenters. The maximum Gasteiger partial charge on any atom is 0.356 e. The van der Waals surface area contributed by atoms with Crippen LogP contribution >= 0.6 is 32.1 Å².